The second-order valence-corrected chi connectivity index (χ2v) is 7.11. The van der Waals surface area contributed by atoms with Gasteiger partial charge in [-0.3, -0.25) is 0 Å². The number of nitrogens with two attached hydrogens (primary N) is 1. The number of hydrogen-bond donors (Lipinski definition) is 1. The summed E-state index contributed by atoms with van der Waals surface area (Å²) in [7, 11) is 0. The second kappa shape index (κ2) is 4.92. The van der Waals surface area contributed by atoms with E-state index in [0.717, 1.165) is 0 Å². The Bertz CT molecular complexity index is 291. The van der Waals surface area contributed by atoms with Crippen molar-refractivity contribution in [1.82, 2.24) is 0 Å². The molecule has 2 rings (SSSR count). The molecule has 0 saturated carbocycles. The van der Waals surface area contributed by atoms with Gasteiger partial charge in [-0.25, -0.2) is 0 Å². The van der Waals surface area contributed by atoms with Gasteiger partial charge in [0.1, 0.15) is 0 Å². The lowest BCUT2D eigenvalue weighted by Gasteiger charge is -2.26. The summed E-state index contributed by atoms with van der Waals surface area (Å²) in [6.07, 6.45) is 0. The Morgan fingerprint density at radius 3 is 2.93 bits per heavy atom. The fourth-order valence-corrected chi connectivity index (χ4v) is 5.12. The minimum Gasteiger partial charge on any atom is -0.323 e. The molecule has 1 aromatic rings. The van der Waals surface area contributed by atoms with Crippen molar-refractivity contribution in [1.29, 1.82) is 0 Å². The smallest absolute Gasteiger partial charge is 0.0432 e. The van der Waals surface area contributed by atoms with Crippen LogP contribution in [0.4, 0.5) is 0 Å². The van der Waals surface area contributed by atoms with Gasteiger partial charge >= 0.3 is 0 Å². The largest absolute Gasteiger partial charge is 0.323 e. The van der Waals surface area contributed by atoms with Gasteiger partial charge in [0, 0.05) is 33.4 Å². The summed E-state index contributed by atoms with van der Waals surface area (Å²) in [5.74, 6) is 3.75. The van der Waals surface area contributed by atoms with Crippen molar-refractivity contribution >= 4 is 34.9 Å². The Labute approximate surface area is 97.8 Å². The van der Waals surface area contributed by atoms with Crippen molar-refractivity contribution in [2.24, 2.45) is 5.73 Å². The van der Waals surface area contributed by atoms with Crippen molar-refractivity contribution in [2.45, 2.75) is 18.2 Å². The Morgan fingerprint density at radius 2 is 2.36 bits per heavy atom. The van der Waals surface area contributed by atoms with Gasteiger partial charge in [0.05, 0.1) is 0 Å². The van der Waals surface area contributed by atoms with Gasteiger partial charge in [0.15, 0.2) is 0 Å². The molecule has 2 atom stereocenters. The van der Waals surface area contributed by atoms with Gasteiger partial charge in [-0.2, -0.15) is 23.5 Å². The first-order chi connectivity index (χ1) is 6.77. The number of thioether (sulfide) groups is 2. The third-order valence-electron chi connectivity index (χ3n) is 2.38. The van der Waals surface area contributed by atoms with E-state index in [9.17, 15) is 0 Å². The fraction of sp³-hybridized carbons (Fsp3) is 0.600. The molecule has 0 aliphatic carbocycles. The van der Waals surface area contributed by atoms with Gasteiger partial charge in [-0.05, 0) is 23.9 Å². The molecule has 0 spiro atoms. The lowest BCUT2D eigenvalue weighted by atomic mass is 10.1. The van der Waals surface area contributed by atoms with Crippen LogP contribution >= 0.6 is 34.9 Å². The molecule has 0 bridgehead atoms. The Hall–Kier alpha value is 0.360. The van der Waals surface area contributed by atoms with Crippen LogP contribution in [0, 0.1) is 6.92 Å². The van der Waals surface area contributed by atoms with Gasteiger partial charge in [-0.1, -0.05) is 0 Å². The van der Waals surface area contributed by atoms with Gasteiger partial charge in [0.25, 0.3) is 0 Å². The monoisotopic (exact) mass is 245 g/mol. The molecule has 0 aromatic carbocycles. The zero-order valence-electron chi connectivity index (χ0n) is 8.23. The molecule has 1 fully saturated rings. The van der Waals surface area contributed by atoms with Crippen LogP contribution in [-0.4, -0.2) is 22.5 Å². The normalized spacial score (nSPS) is 24.9. The van der Waals surface area contributed by atoms with E-state index >= 15 is 0 Å². The van der Waals surface area contributed by atoms with Gasteiger partial charge < -0.3 is 5.73 Å². The molecule has 2 unspecified atom stereocenters. The van der Waals surface area contributed by atoms with Crippen molar-refractivity contribution in [3.8, 4) is 0 Å². The quantitative estimate of drug-likeness (QED) is 0.867. The van der Waals surface area contributed by atoms with Crippen LogP contribution in [0.1, 0.15) is 16.5 Å². The lowest BCUT2D eigenvalue weighted by Crippen LogP contribution is -2.28. The summed E-state index contributed by atoms with van der Waals surface area (Å²) in [6.45, 7) is 2.14. The molecule has 2 N–H and O–H groups in total. The van der Waals surface area contributed by atoms with E-state index in [1.807, 2.05) is 23.5 Å². The molecule has 1 aliphatic rings. The molecule has 14 heavy (non-hydrogen) atoms. The van der Waals surface area contributed by atoms with Crippen LogP contribution in [0.5, 0.6) is 0 Å². The first-order valence-electron chi connectivity index (χ1n) is 4.77. The van der Waals surface area contributed by atoms with E-state index in [0.29, 0.717) is 5.25 Å². The van der Waals surface area contributed by atoms with E-state index in [4.69, 9.17) is 5.73 Å². The first-order valence-corrected chi connectivity index (χ1v) is 7.85. The lowest BCUT2D eigenvalue weighted by molar-refractivity contribution is 0.722. The zero-order valence-corrected chi connectivity index (χ0v) is 10.7. The van der Waals surface area contributed by atoms with Crippen molar-refractivity contribution in [3.63, 3.8) is 0 Å². The Morgan fingerprint density at radius 1 is 1.50 bits per heavy atom. The zero-order chi connectivity index (χ0) is 9.97. The number of aryl methyl sites for hydroxylation is 1. The highest BCUT2D eigenvalue weighted by Crippen LogP contribution is 2.33. The molecule has 1 nitrogen and oxygen atoms in total. The molecule has 4 heteroatoms. The minimum absolute atomic E-state index is 0.234. The molecule has 1 saturated heterocycles. The fourth-order valence-electron chi connectivity index (χ4n) is 1.57. The predicted molar refractivity (Wildman–Crippen MR) is 69.6 cm³/mol. The number of hydrogen-bond acceptors (Lipinski definition) is 4. The van der Waals surface area contributed by atoms with E-state index < -0.39 is 0 Å². The minimum atomic E-state index is 0.234. The van der Waals surface area contributed by atoms with E-state index in [1.165, 1.54) is 27.7 Å². The Balaban J connectivity index is 2.03. The van der Waals surface area contributed by atoms with Crippen molar-refractivity contribution in [3.05, 3.63) is 21.9 Å². The molecule has 0 radical (unpaired) electrons. The third-order valence-corrected chi connectivity index (χ3v) is 6.14. The molecular formula is C10H15NS3. The first kappa shape index (κ1) is 10.9. The van der Waals surface area contributed by atoms with E-state index in [2.05, 4.69) is 18.4 Å². The van der Waals surface area contributed by atoms with Crippen LogP contribution in [-0.2, 0) is 0 Å². The second-order valence-electron chi connectivity index (χ2n) is 3.50. The topological polar surface area (TPSA) is 26.0 Å². The molecule has 1 aromatic heterocycles. The van der Waals surface area contributed by atoms with Gasteiger partial charge in [-0.15, -0.1) is 11.3 Å². The van der Waals surface area contributed by atoms with Crippen molar-refractivity contribution in [2.75, 3.05) is 17.3 Å². The van der Waals surface area contributed by atoms with Crippen LogP contribution < -0.4 is 5.73 Å². The van der Waals surface area contributed by atoms with Crippen LogP contribution in [0.2, 0.25) is 0 Å². The molecule has 1 aliphatic heterocycles. The number of rotatable bonds is 2. The summed E-state index contributed by atoms with van der Waals surface area (Å²) < 4.78 is 0. The Kier molecular flexibility index (Phi) is 3.82. The molecule has 0 amide bonds. The third kappa shape index (κ3) is 2.48. The van der Waals surface area contributed by atoms with E-state index in [1.54, 1.807) is 11.3 Å². The summed E-state index contributed by atoms with van der Waals surface area (Å²) in [6, 6.07) is 2.47. The van der Waals surface area contributed by atoms with Crippen LogP contribution in [0.3, 0.4) is 0 Å². The molecule has 2 heterocycles. The van der Waals surface area contributed by atoms with Crippen LogP contribution in [0.25, 0.3) is 0 Å². The van der Waals surface area contributed by atoms with Crippen LogP contribution in [0.15, 0.2) is 11.4 Å². The van der Waals surface area contributed by atoms with Crippen molar-refractivity contribution < 1.29 is 0 Å². The van der Waals surface area contributed by atoms with E-state index in [-0.39, 0.29) is 6.04 Å². The summed E-state index contributed by atoms with van der Waals surface area (Å²) in [5, 5.41) is 2.82. The predicted octanol–water partition coefficient (Wildman–Crippen LogP) is 2.90. The standard InChI is InChI=1S/C10H15NS3/c1-7-4-8(5-14-7)10(11)9-6-12-2-3-13-9/h4-5,9-10H,2-3,6,11H2,1H3. The summed E-state index contributed by atoms with van der Waals surface area (Å²) in [5.41, 5.74) is 7.58. The number of thiophene rings is 1. The van der Waals surface area contributed by atoms with Gasteiger partial charge in [0.2, 0.25) is 0 Å². The summed E-state index contributed by atoms with van der Waals surface area (Å²) in [4.78, 5) is 1.36. The maximum Gasteiger partial charge on any atom is 0.0432 e. The molecule has 78 valence electrons. The maximum atomic E-state index is 6.26. The highest BCUT2D eigenvalue weighted by atomic mass is 32.2. The molecular weight excluding hydrogens is 230 g/mol. The average molecular weight is 245 g/mol. The SMILES string of the molecule is Cc1cc(C(N)C2CSCCS2)cs1. The average Bonchev–Trinajstić information content (AvgIpc) is 2.65. The highest BCUT2D eigenvalue weighted by molar-refractivity contribution is 8.06. The maximum absolute atomic E-state index is 6.26. The summed E-state index contributed by atoms with van der Waals surface area (Å²) >= 11 is 5.87. The highest BCUT2D eigenvalue weighted by Gasteiger charge is 2.23.